The standard InChI is InChI=1S/C15H13BrN2O2S/c16-10-2-1-3-11(8-10)17-15(21)18-12-4-5-13-14(9-12)20-7-6-19-13/h1-5,8-9H,6-7H2,(H2,17,18,21). The number of thiocarbonyl (C=S) groups is 1. The van der Waals surface area contributed by atoms with Crippen molar-refractivity contribution in [3.8, 4) is 11.5 Å². The summed E-state index contributed by atoms with van der Waals surface area (Å²) in [7, 11) is 0. The predicted octanol–water partition coefficient (Wildman–Crippen LogP) is 4.03. The van der Waals surface area contributed by atoms with E-state index in [9.17, 15) is 0 Å². The fraction of sp³-hybridized carbons (Fsp3) is 0.133. The van der Waals surface area contributed by atoms with E-state index >= 15 is 0 Å². The Morgan fingerprint density at radius 3 is 2.43 bits per heavy atom. The van der Waals surface area contributed by atoms with Crippen molar-refractivity contribution in [1.29, 1.82) is 0 Å². The lowest BCUT2D eigenvalue weighted by Crippen LogP contribution is -2.20. The number of halogens is 1. The molecule has 3 rings (SSSR count). The highest BCUT2D eigenvalue weighted by Gasteiger charge is 2.12. The van der Waals surface area contributed by atoms with Gasteiger partial charge in [0.05, 0.1) is 0 Å². The molecule has 0 saturated carbocycles. The van der Waals surface area contributed by atoms with Gasteiger partial charge in [-0.3, -0.25) is 0 Å². The van der Waals surface area contributed by atoms with Gasteiger partial charge in [0.15, 0.2) is 16.6 Å². The first-order valence-electron chi connectivity index (χ1n) is 6.44. The molecule has 0 unspecified atom stereocenters. The monoisotopic (exact) mass is 364 g/mol. The van der Waals surface area contributed by atoms with E-state index < -0.39 is 0 Å². The molecule has 0 radical (unpaired) electrons. The van der Waals surface area contributed by atoms with Gasteiger partial charge in [-0.05, 0) is 42.5 Å². The lowest BCUT2D eigenvalue weighted by Gasteiger charge is -2.19. The zero-order valence-electron chi connectivity index (χ0n) is 11.1. The van der Waals surface area contributed by atoms with Gasteiger partial charge in [0.25, 0.3) is 0 Å². The molecule has 1 heterocycles. The predicted molar refractivity (Wildman–Crippen MR) is 91.4 cm³/mol. The zero-order valence-corrected chi connectivity index (χ0v) is 13.5. The summed E-state index contributed by atoms with van der Waals surface area (Å²) >= 11 is 8.73. The second-order valence-electron chi connectivity index (χ2n) is 4.45. The summed E-state index contributed by atoms with van der Waals surface area (Å²) in [6.45, 7) is 1.15. The summed E-state index contributed by atoms with van der Waals surface area (Å²) < 4.78 is 12.0. The highest BCUT2D eigenvalue weighted by molar-refractivity contribution is 9.10. The van der Waals surface area contributed by atoms with Crippen LogP contribution in [0.2, 0.25) is 0 Å². The second kappa shape index (κ2) is 6.32. The maximum Gasteiger partial charge on any atom is 0.175 e. The Bertz CT molecular complexity index is 678. The number of ether oxygens (including phenoxy) is 2. The van der Waals surface area contributed by atoms with Crippen LogP contribution in [0, 0.1) is 0 Å². The third-order valence-corrected chi connectivity index (χ3v) is 3.58. The molecule has 2 aromatic carbocycles. The summed E-state index contributed by atoms with van der Waals surface area (Å²) in [6, 6.07) is 13.5. The van der Waals surface area contributed by atoms with Gasteiger partial charge in [-0.15, -0.1) is 0 Å². The minimum Gasteiger partial charge on any atom is -0.486 e. The molecule has 21 heavy (non-hydrogen) atoms. The van der Waals surface area contributed by atoms with Crippen molar-refractivity contribution in [2.75, 3.05) is 23.8 Å². The van der Waals surface area contributed by atoms with Crippen LogP contribution in [0.3, 0.4) is 0 Å². The van der Waals surface area contributed by atoms with Crippen molar-refractivity contribution in [2.45, 2.75) is 0 Å². The van der Waals surface area contributed by atoms with Crippen LogP contribution >= 0.6 is 28.1 Å². The minimum atomic E-state index is 0.518. The third-order valence-electron chi connectivity index (χ3n) is 2.88. The van der Waals surface area contributed by atoms with Gasteiger partial charge in [0, 0.05) is 21.9 Å². The molecule has 0 amide bonds. The number of nitrogens with one attached hydrogen (secondary N) is 2. The number of hydrogen-bond donors (Lipinski definition) is 2. The van der Waals surface area contributed by atoms with E-state index in [0.717, 1.165) is 27.3 Å². The lowest BCUT2D eigenvalue weighted by molar-refractivity contribution is 0.171. The van der Waals surface area contributed by atoms with E-state index in [2.05, 4.69) is 26.6 Å². The molecule has 1 aliphatic rings. The Morgan fingerprint density at radius 1 is 0.952 bits per heavy atom. The smallest absolute Gasteiger partial charge is 0.175 e. The minimum absolute atomic E-state index is 0.518. The van der Waals surface area contributed by atoms with Crippen molar-refractivity contribution >= 4 is 44.6 Å². The average Bonchev–Trinajstić information content (AvgIpc) is 2.47. The Balaban J connectivity index is 1.67. The van der Waals surface area contributed by atoms with Crippen LogP contribution in [0.4, 0.5) is 11.4 Å². The zero-order chi connectivity index (χ0) is 14.7. The largest absolute Gasteiger partial charge is 0.486 e. The van der Waals surface area contributed by atoms with E-state index in [1.807, 2.05) is 42.5 Å². The van der Waals surface area contributed by atoms with E-state index in [1.54, 1.807) is 0 Å². The highest BCUT2D eigenvalue weighted by atomic mass is 79.9. The number of fused-ring (bicyclic) bond motifs is 1. The molecule has 0 aliphatic carbocycles. The highest BCUT2D eigenvalue weighted by Crippen LogP contribution is 2.32. The Kier molecular flexibility index (Phi) is 4.26. The number of anilines is 2. The first kappa shape index (κ1) is 14.2. The molecule has 4 nitrogen and oxygen atoms in total. The number of rotatable bonds is 2. The number of hydrogen-bond acceptors (Lipinski definition) is 3. The third kappa shape index (κ3) is 3.65. The first-order chi connectivity index (χ1) is 10.2. The summed E-state index contributed by atoms with van der Waals surface area (Å²) in [4.78, 5) is 0. The SMILES string of the molecule is S=C(Nc1cccc(Br)c1)Nc1ccc2c(c1)OCCO2. The van der Waals surface area contributed by atoms with Crippen molar-refractivity contribution in [2.24, 2.45) is 0 Å². The van der Waals surface area contributed by atoms with E-state index in [0.29, 0.717) is 18.3 Å². The fourth-order valence-corrected chi connectivity index (χ4v) is 2.62. The molecule has 0 fully saturated rings. The van der Waals surface area contributed by atoms with Crippen molar-refractivity contribution in [1.82, 2.24) is 0 Å². The van der Waals surface area contributed by atoms with Gasteiger partial charge in [0.1, 0.15) is 13.2 Å². The van der Waals surface area contributed by atoms with Gasteiger partial charge in [-0.25, -0.2) is 0 Å². The molecular formula is C15H13BrN2O2S. The molecule has 108 valence electrons. The van der Waals surface area contributed by atoms with Gasteiger partial charge >= 0.3 is 0 Å². The molecule has 2 N–H and O–H groups in total. The molecule has 0 saturated heterocycles. The van der Waals surface area contributed by atoms with Crippen LogP contribution in [-0.4, -0.2) is 18.3 Å². The molecule has 0 aromatic heterocycles. The molecule has 0 bridgehead atoms. The summed E-state index contributed by atoms with van der Waals surface area (Å²) in [5.41, 5.74) is 1.77. The van der Waals surface area contributed by atoms with Crippen LogP contribution < -0.4 is 20.1 Å². The van der Waals surface area contributed by atoms with Crippen molar-refractivity contribution in [3.63, 3.8) is 0 Å². The molecule has 6 heteroatoms. The van der Waals surface area contributed by atoms with E-state index in [4.69, 9.17) is 21.7 Å². The Morgan fingerprint density at radius 2 is 1.67 bits per heavy atom. The van der Waals surface area contributed by atoms with Crippen molar-refractivity contribution in [3.05, 3.63) is 46.9 Å². The Hall–Kier alpha value is -1.79. The second-order valence-corrected chi connectivity index (χ2v) is 5.77. The van der Waals surface area contributed by atoms with E-state index in [-0.39, 0.29) is 0 Å². The van der Waals surface area contributed by atoms with Gasteiger partial charge < -0.3 is 20.1 Å². The lowest BCUT2D eigenvalue weighted by atomic mass is 10.2. The van der Waals surface area contributed by atoms with Crippen LogP contribution in [0.5, 0.6) is 11.5 Å². The van der Waals surface area contributed by atoms with E-state index in [1.165, 1.54) is 0 Å². The molecular weight excluding hydrogens is 352 g/mol. The quantitative estimate of drug-likeness (QED) is 0.787. The van der Waals surface area contributed by atoms with Gasteiger partial charge in [-0.1, -0.05) is 22.0 Å². The Labute approximate surface area is 136 Å². The number of benzene rings is 2. The summed E-state index contributed by atoms with van der Waals surface area (Å²) in [5.74, 6) is 1.49. The maximum absolute atomic E-state index is 5.54. The summed E-state index contributed by atoms with van der Waals surface area (Å²) in [5, 5.41) is 6.78. The molecule has 0 spiro atoms. The maximum atomic E-state index is 5.54. The van der Waals surface area contributed by atoms with Crippen molar-refractivity contribution < 1.29 is 9.47 Å². The van der Waals surface area contributed by atoms with Crippen LogP contribution in [0.1, 0.15) is 0 Å². The normalized spacial score (nSPS) is 12.6. The molecule has 1 aliphatic heterocycles. The van der Waals surface area contributed by atoms with Gasteiger partial charge in [-0.2, -0.15) is 0 Å². The van der Waals surface area contributed by atoms with Gasteiger partial charge in [0.2, 0.25) is 0 Å². The topological polar surface area (TPSA) is 42.5 Å². The average molecular weight is 365 g/mol. The van der Waals surface area contributed by atoms with Crippen LogP contribution in [0.25, 0.3) is 0 Å². The molecule has 2 aromatic rings. The molecule has 0 atom stereocenters. The van der Waals surface area contributed by atoms with Crippen LogP contribution in [-0.2, 0) is 0 Å². The van der Waals surface area contributed by atoms with Crippen LogP contribution in [0.15, 0.2) is 46.9 Å². The fourth-order valence-electron chi connectivity index (χ4n) is 1.98. The first-order valence-corrected chi connectivity index (χ1v) is 7.64. The summed E-state index contributed by atoms with van der Waals surface area (Å²) in [6.07, 6.45) is 0.